The van der Waals surface area contributed by atoms with Crippen LogP contribution in [0.1, 0.15) is 30.1 Å². The van der Waals surface area contributed by atoms with E-state index >= 15 is 0 Å². The molecule has 0 spiro atoms. The number of benzene rings is 1. The summed E-state index contributed by atoms with van der Waals surface area (Å²) in [6.45, 7) is 2.22. The van der Waals surface area contributed by atoms with Gasteiger partial charge >= 0.3 is 12.0 Å². The Kier molecular flexibility index (Phi) is 4.57. The summed E-state index contributed by atoms with van der Waals surface area (Å²) in [5.74, 6) is -1.45. The minimum atomic E-state index is -0.869. The van der Waals surface area contributed by atoms with E-state index in [4.69, 9.17) is 5.11 Å². The first-order chi connectivity index (χ1) is 9.97. The number of anilines is 1. The molecule has 0 aliphatic carbocycles. The summed E-state index contributed by atoms with van der Waals surface area (Å²) >= 11 is 0. The van der Waals surface area contributed by atoms with Crippen molar-refractivity contribution < 1.29 is 19.5 Å². The molecule has 2 N–H and O–H groups in total. The highest BCUT2D eigenvalue weighted by Gasteiger charge is 2.28. The van der Waals surface area contributed by atoms with Crippen LogP contribution in [0.3, 0.4) is 0 Å². The maximum absolute atomic E-state index is 12.2. The lowest BCUT2D eigenvalue weighted by Crippen LogP contribution is -2.44. The van der Waals surface area contributed by atoms with Crippen LogP contribution in [0.5, 0.6) is 0 Å². The number of aliphatic carboxylic acids is 1. The molecule has 1 heterocycles. The zero-order chi connectivity index (χ0) is 15.4. The maximum atomic E-state index is 12.2. The Morgan fingerprint density at radius 2 is 2.10 bits per heavy atom. The second-order valence-corrected chi connectivity index (χ2v) is 5.19. The molecule has 0 unspecified atom stereocenters. The molecular weight excluding hydrogens is 272 g/mol. The Morgan fingerprint density at radius 3 is 2.76 bits per heavy atom. The quantitative estimate of drug-likeness (QED) is 0.836. The van der Waals surface area contributed by atoms with Gasteiger partial charge in [-0.1, -0.05) is 12.1 Å². The number of hydrogen-bond acceptors (Lipinski definition) is 3. The predicted octanol–water partition coefficient (Wildman–Crippen LogP) is 2.22. The number of nitrogens with zero attached hydrogens (tertiary/aromatic N) is 1. The number of carbonyl (C=O) groups is 3. The molecule has 1 saturated heterocycles. The van der Waals surface area contributed by atoms with Crippen LogP contribution in [0.2, 0.25) is 0 Å². The number of Topliss-reactive ketones (excluding diaryl/α,β-unsaturated/α-hetero) is 1. The number of rotatable bonds is 3. The van der Waals surface area contributed by atoms with E-state index in [0.29, 0.717) is 30.6 Å². The highest BCUT2D eigenvalue weighted by atomic mass is 16.4. The molecule has 1 aliphatic heterocycles. The SMILES string of the molecule is CC(=O)c1cccc(NC(=O)N2CCC[C@@H](C(=O)O)C2)c1. The average Bonchev–Trinajstić information content (AvgIpc) is 2.47. The fourth-order valence-corrected chi connectivity index (χ4v) is 2.38. The molecular formula is C15H18N2O4. The molecule has 1 fully saturated rings. The average molecular weight is 290 g/mol. The second kappa shape index (κ2) is 6.39. The maximum Gasteiger partial charge on any atom is 0.321 e. The number of amides is 2. The summed E-state index contributed by atoms with van der Waals surface area (Å²) in [4.78, 5) is 36.0. The van der Waals surface area contributed by atoms with Gasteiger partial charge in [-0.15, -0.1) is 0 Å². The van der Waals surface area contributed by atoms with E-state index in [2.05, 4.69) is 5.32 Å². The summed E-state index contributed by atoms with van der Waals surface area (Å²) in [6.07, 6.45) is 1.27. The Labute approximate surface area is 122 Å². The molecule has 0 aromatic heterocycles. The Bertz CT molecular complexity index is 571. The molecule has 0 saturated carbocycles. The van der Waals surface area contributed by atoms with Gasteiger partial charge in [-0.25, -0.2) is 4.79 Å². The van der Waals surface area contributed by atoms with Gasteiger partial charge in [0.05, 0.1) is 5.92 Å². The third kappa shape index (κ3) is 3.81. The number of carboxylic acid groups (broad SMARTS) is 1. The number of carbonyl (C=O) groups excluding carboxylic acids is 2. The molecule has 0 radical (unpaired) electrons. The fourth-order valence-electron chi connectivity index (χ4n) is 2.38. The molecule has 1 atom stereocenters. The predicted molar refractivity (Wildman–Crippen MR) is 77.4 cm³/mol. The Balaban J connectivity index is 2.02. The van der Waals surface area contributed by atoms with Crippen molar-refractivity contribution in [3.63, 3.8) is 0 Å². The first kappa shape index (κ1) is 15.0. The second-order valence-electron chi connectivity index (χ2n) is 5.19. The molecule has 112 valence electrons. The normalized spacial score (nSPS) is 18.1. The van der Waals surface area contributed by atoms with Crippen molar-refractivity contribution in [3.05, 3.63) is 29.8 Å². The van der Waals surface area contributed by atoms with Crippen LogP contribution in [-0.2, 0) is 4.79 Å². The lowest BCUT2D eigenvalue weighted by atomic mass is 9.99. The van der Waals surface area contributed by atoms with Crippen LogP contribution in [0.15, 0.2) is 24.3 Å². The van der Waals surface area contributed by atoms with Crippen molar-refractivity contribution >= 4 is 23.5 Å². The fraction of sp³-hybridized carbons (Fsp3) is 0.400. The minimum Gasteiger partial charge on any atom is -0.481 e. The van der Waals surface area contributed by atoms with Crippen molar-refractivity contribution in [1.82, 2.24) is 4.90 Å². The first-order valence-electron chi connectivity index (χ1n) is 6.87. The molecule has 21 heavy (non-hydrogen) atoms. The highest BCUT2D eigenvalue weighted by molar-refractivity contribution is 5.96. The van der Waals surface area contributed by atoms with Crippen LogP contribution in [0.4, 0.5) is 10.5 Å². The first-order valence-corrected chi connectivity index (χ1v) is 6.87. The van der Waals surface area contributed by atoms with Gasteiger partial charge in [-0.2, -0.15) is 0 Å². The zero-order valence-electron chi connectivity index (χ0n) is 11.8. The lowest BCUT2D eigenvalue weighted by Gasteiger charge is -2.30. The molecule has 2 amide bonds. The van der Waals surface area contributed by atoms with Gasteiger partial charge < -0.3 is 15.3 Å². The number of urea groups is 1. The van der Waals surface area contributed by atoms with Gasteiger partial charge in [0, 0.05) is 24.3 Å². The van der Waals surface area contributed by atoms with E-state index in [0.717, 1.165) is 0 Å². The number of likely N-dealkylation sites (tertiary alicyclic amines) is 1. The van der Waals surface area contributed by atoms with Crippen molar-refractivity contribution in [2.24, 2.45) is 5.92 Å². The molecule has 1 aromatic carbocycles. The molecule has 1 aliphatic rings. The van der Waals surface area contributed by atoms with Crippen LogP contribution < -0.4 is 5.32 Å². The van der Waals surface area contributed by atoms with Crippen LogP contribution >= 0.6 is 0 Å². The van der Waals surface area contributed by atoms with Gasteiger partial charge in [-0.05, 0) is 31.9 Å². The summed E-state index contributed by atoms with van der Waals surface area (Å²) in [5, 5.41) is 11.7. The van der Waals surface area contributed by atoms with E-state index in [1.165, 1.54) is 11.8 Å². The van der Waals surface area contributed by atoms with Gasteiger partial charge in [0.25, 0.3) is 0 Å². The topological polar surface area (TPSA) is 86.7 Å². The minimum absolute atomic E-state index is 0.0741. The van der Waals surface area contributed by atoms with Crippen LogP contribution in [0, 0.1) is 5.92 Å². The Morgan fingerprint density at radius 1 is 1.33 bits per heavy atom. The number of piperidine rings is 1. The molecule has 6 nitrogen and oxygen atoms in total. The summed E-state index contributed by atoms with van der Waals surface area (Å²) < 4.78 is 0. The zero-order valence-corrected chi connectivity index (χ0v) is 11.8. The van der Waals surface area contributed by atoms with E-state index < -0.39 is 11.9 Å². The van der Waals surface area contributed by atoms with E-state index in [1.54, 1.807) is 24.3 Å². The molecule has 6 heteroatoms. The third-order valence-electron chi connectivity index (χ3n) is 3.58. The summed E-state index contributed by atoms with van der Waals surface area (Å²) in [6, 6.07) is 6.35. The van der Waals surface area contributed by atoms with Crippen LogP contribution in [-0.4, -0.2) is 40.9 Å². The number of ketones is 1. The van der Waals surface area contributed by atoms with Crippen molar-refractivity contribution in [3.8, 4) is 0 Å². The van der Waals surface area contributed by atoms with Crippen molar-refractivity contribution in [2.75, 3.05) is 18.4 Å². The van der Waals surface area contributed by atoms with Gasteiger partial charge in [0.15, 0.2) is 5.78 Å². The molecule has 1 aromatic rings. The number of nitrogens with one attached hydrogen (secondary N) is 1. The molecule has 0 bridgehead atoms. The standard InChI is InChI=1S/C15H18N2O4/c1-10(18)11-4-2-6-13(8-11)16-15(21)17-7-3-5-12(9-17)14(19)20/h2,4,6,8,12H,3,5,7,9H2,1H3,(H,16,21)(H,19,20)/t12-/m1/s1. The largest absolute Gasteiger partial charge is 0.481 e. The number of carboxylic acids is 1. The number of hydrogen-bond donors (Lipinski definition) is 2. The molecule has 2 rings (SSSR count). The van der Waals surface area contributed by atoms with Gasteiger partial charge in [0.2, 0.25) is 0 Å². The lowest BCUT2D eigenvalue weighted by molar-refractivity contribution is -0.143. The van der Waals surface area contributed by atoms with Gasteiger partial charge in [0.1, 0.15) is 0 Å². The third-order valence-corrected chi connectivity index (χ3v) is 3.58. The highest BCUT2D eigenvalue weighted by Crippen LogP contribution is 2.18. The van der Waals surface area contributed by atoms with E-state index in [1.807, 2.05) is 0 Å². The van der Waals surface area contributed by atoms with Crippen molar-refractivity contribution in [1.29, 1.82) is 0 Å². The smallest absolute Gasteiger partial charge is 0.321 e. The summed E-state index contributed by atoms with van der Waals surface area (Å²) in [5.41, 5.74) is 1.06. The summed E-state index contributed by atoms with van der Waals surface area (Å²) in [7, 11) is 0. The van der Waals surface area contributed by atoms with E-state index in [-0.39, 0.29) is 18.4 Å². The van der Waals surface area contributed by atoms with Crippen LogP contribution in [0.25, 0.3) is 0 Å². The van der Waals surface area contributed by atoms with Crippen molar-refractivity contribution in [2.45, 2.75) is 19.8 Å². The monoisotopic (exact) mass is 290 g/mol. The Hall–Kier alpha value is -2.37. The van der Waals surface area contributed by atoms with E-state index in [9.17, 15) is 14.4 Å². The van der Waals surface area contributed by atoms with Gasteiger partial charge in [-0.3, -0.25) is 9.59 Å².